The van der Waals surface area contributed by atoms with Crippen molar-refractivity contribution in [1.82, 2.24) is 9.78 Å². The molecule has 0 unspecified atom stereocenters. The maximum Gasteiger partial charge on any atom is 0.338 e. The summed E-state index contributed by atoms with van der Waals surface area (Å²) in [5.74, 6) is -1.43. The molecule has 0 saturated carbocycles. The number of aromatic carboxylic acids is 1. The SMILES string of the molecule is Cc1cc(C(=O)Nc2sccc2C(=O)O)n(C)n1. The monoisotopic (exact) mass is 265 g/mol. The van der Waals surface area contributed by atoms with Gasteiger partial charge >= 0.3 is 5.97 Å². The molecule has 1 amide bonds. The highest BCUT2D eigenvalue weighted by Crippen LogP contribution is 2.23. The standard InChI is InChI=1S/C11H11N3O3S/c1-6-5-8(14(2)13-6)9(15)12-10-7(11(16)17)3-4-18-10/h3-5H,1-2H3,(H,12,15)(H,16,17). The quantitative estimate of drug-likeness (QED) is 0.885. The van der Waals surface area contributed by atoms with Gasteiger partial charge in [-0.25, -0.2) is 4.79 Å². The fourth-order valence-corrected chi connectivity index (χ4v) is 2.34. The Labute approximate surface area is 107 Å². The third-order valence-electron chi connectivity index (χ3n) is 2.36. The fraction of sp³-hybridized carbons (Fsp3) is 0.182. The van der Waals surface area contributed by atoms with Crippen LogP contribution in [-0.4, -0.2) is 26.8 Å². The lowest BCUT2D eigenvalue weighted by Gasteiger charge is -2.03. The molecule has 2 heterocycles. The highest BCUT2D eigenvalue weighted by atomic mass is 32.1. The molecule has 0 spiro atoms. The van der Waals surface area contributed by atoms with Crippen molar-refractivity contribution >= 4 is 28.2 Å². The van der Waals surface area contributed by atoms with E-state index in [4.69, 9.17) is 5.11 Å². The summed E-state index contributed by atoms with van der Waals surface area (Å²) in [5, 5.41) is 17.5. The van der Waals surface area contributed by atoms with Crippen LogP contribution in [0.25, 0.3) is 0 Å². The molecule has 0 fully saturated rings. The Kier molecular flexibility index (Phi) is 3.15. The van der Waals surface area contributed by atoms with Crippen LogP contribution in [0.15, 0.2) is 17.5 Å². The summed E-state index contributed by atoms with van der Waals surface area (Å²) in [6.07, 6.45) is 0. The number of rotatable bonds is 3. The number of nitrogens with one attached hydrogen (secondary N) is 1. The van der Waals surface area contributed by atoms with Crippen LogP contribution in [0.4, 0.5) is 5.00 Å². The Morgan fingerprint density at radius 1 is 1.50 bits per heavy atom. The predicted octanol–water partition coefficient (Wildman–Crippen LogP) is 1.74. The molecule has 7 heteroatoms. The molecule has 0 radical (unpaired) electrons. The minimum atomic E-state index is -1.06. The summed E-state index contributed by atoms with van der Waals surface area (Å²) in [6.45, 7) is 1.78. The molecule has 0 atom stereocenters. The summed E-state index contributed by atoms with van der Waals surface area (Å²) >= 11 is 1.17. The third-order valence-corrected chi connectivity index (χ3v) is 3.19. The van der Waals surface area contributed by atoms with Gasteiger partial charge in [-0.1, -0.05) is 0 Å². The zero-order valence-electron chi connectivity index (χ0n) is 9.80. The zero-order valence-corrected chi connectivity index (χ0v) is 10.6. The Morgan fingerprint density at radius 2 is 2.22 bits per heavy atom. The number of nitrogens with zero attached hydrogens (tertiary/aromatic N) is 2. The molecule has 94 valence electrons. The van der Waals surface area contributed by atoms with E-state index >= 15 is 0 Å². The smallest absolute Gasteiger partial charge is 0.338 e. The van der Waals surface area contributed by atoms with Crippen LogP contribution in [0.3, 0.4) is 0 Å². The zero-order chi connectivity index (χ0) is 13.3. The molecule has 0 aromatic carbocycles. The lowest BCUT2D eigenvalue weighted by atomic mass is 10.3. The molecule has 0 bridgehead atoms. The van der Waals surface area contributed by atoms with Gasteiger partial charge in [-0.2, -0.15) is 5.10 Å². The van der Waals surface area contributed by atoms with Crippen molar-refractivity contribution < 1.29 is 14.7 Å². The van der Waals surface area contributed by atoms with E-state index in [-0.39, 0.29) is 11.5 Å². The van der Waals surface area contributed by atoms with Crippen molar-refractivity contribution in [2.24, 2.45) is 7.05 Å². The number of carboxylic acid groups (broad SMARTS) is 1. The van der Waals surface area contributed by atoms with E-state index in [1.165, 1.54) is 22.1 Å². The molecular formula is C11H11N3O3S. The minimum Gasteiger partial charge on any atom is -0.478 e. The average Bonchev–Trinajstić information content (AvgIpc) is 2.85. The Bertz CT molecular complexity index is 615. The number of aromatic nitrogens is 2. The fourth-order valence-electron chi connectivity index (χ4n) is 1.56. The summed E-state index contributed by atoms with van der Waals surface area (Å²) in [7, 11) is 1.66. The molecule has 0 aliphatic carbocycles. The van der Waals surface area contributed by atoms with Crippen molar-refractivity contribution in [3.05, 3.63) is 34.5 Å². The number of anilines is 1. The molecule has 6 nitrogen and oxygen atoms in total. The van der Waals surface area contributed by atoms with E-state index in [2.05, 4.69) is 10.4 Å². The second-order valence-corrected chi connectivity index (χ2v) is 4.63. The van der Waals surface area contributed by atoms with E-state index in [0.29, 0.717) is 10.7 Å². The molecule has 0 aliphatic rings. The number of amides is 1. The van der Waals surface area contributed by atoms with E-state index < -0.39 is 5.97 Å². The van der Waals surface area contributed by atoms with E-state index in [9.17, 15) is 9.59 Å². The van der Waals surface area contributed by atoms with Gasteiger partial charge in [0.05, 0.1) is 11.3 Å². The second kappa shape index (κ2) is 4.61. The minimum absolute atomic E-state index is 0.0900. The Morgan fingerprint density at radius 3 is 2.78 bits per heavy atom. The van der Waals surface area contributed by atoms with E-state index in [0.717, 1.165) is 5.69 Å². The van der Waals surface area contributed by atoms with Gasteiger partial charge in [0.1, 0.15) is 10.7 Å². The van der Waals surface area contributed by atoms with Crippen molar-refractivity contribution in [2.45, 2.75) is 6.92 Å². The number of thiophene rings is 1. The highest BCUT2D eigenvalue weighted by Gasteiger charge is 2.17. The van der Waals surface area contributed by atoms with Crippen LogP contribution in [0.2, 0.25) is 0 Å². The summed E-state index contributed by atoms with van der Waals surface area (Å²) in [4.78, 5) is 22.9. The van der Waals surface area contributed by atoms with Crippen molar-refractivity contribution in [1.29, 1.82) is 0 Å². The molecule has 0 saturated heterocycles. The normalized spacial score (nSPS) is 10.3. The first-order valence-corrected chi connectivity index (χ1v) is 6.00. The van der Waals surface area contributed by atoms with Crippen molar-refractivity contribution in [3.8, 4) is 0 Å². The molecule has 2 aromatic heterocycles. The number of carbonyl (C=O) groups excluding carboxylic acids is 1. The van der Waals surface area contributed by atoms with Crippen LogP contribution < -0.4 is 5.32 Å². The van der Waals surface area contributed by atoms with E-state index in [1.807, 2.05) is 0 Å². The van der Waals surface area contributed by atoms with Gasteiger partial charge in [-0.05, 0) is 24.4 Å². The maximum absolute atomic E-state index is 12.0. The van der Waals surface area contributed by atoms with Gasteiger partial charge in [-0.15, -0.1) is 11.3 Å². The molecule has 0 aliphatic heterocycles. The third kappa shape index (κ3) is 2.25. The van der Waals surface area contributed by atoms with E-state index in [1.54, 1.807) is 25.4 Å². The first kappa shape index (κ1) is 12.3. The van der Waals surface area contributed by atoms with Gasteiger partial charge < -0.3 is 10.4 Å². The molecular weight excluding hydrogens is 254 g/mol. The summed E-state index contributed by atoms with van der Waals surface area (Å²) in [6, 6.07) is 3.10. The Hall–Kier alpha value is -2.15. The number of hydrogen-bond acceptors (Lipinski definition) is 4. The number of carboxylic acids is 1. The summed E-state index contributed by atoms with van der Waals surface area (Å²) < 4.78 is 1.46. The molecule has 2 rings (SSSR count). The van der Waals surface area contributed by atoms with Crippen LogP contribution in [0.5, 0.6) is 0 Å². The molecule has 2 aromatic rings. The van der Waals surface area contributed by atoms with Gasteiger partial charge in [0.2, 0.25) is 0 Å². The van der Waals surface area contributed by atoms with Gasteiger partial charge in [0.25, 0.3) is 5.91 Å². The van der Waals surface area contributed by atoms with Gasteiger partial charge in [-0.3, -0.25) is 9.48 Å². The molecule has 18 heavy (non-hydrogen) atoms. The second-order valence-electron chi connectivity index (χ2n) is 3.72. The topological polar surface area (TPSA) is 84.2 Å². The van der Waals surface area contributed by atoms with Crippen molar-refractivity contribution in [2.75, 3.05) is 5.32 Å². The van der Waals surface area contributed by atoms with Crippen LogP contribution in [-0.2, 0) is 7.05 Å². The van der Waals surface area contributed by atoms with Gasteiger partial charge in [0, 0.05) is 7.05 Å². The Balaban J connectivity index is 2.24. The number of carbonyl (C=O) groups is 2. The maximum atomic E-state index is 12.0. The average molecular weight is 265 g/mol. The number of hydrogen-bond donors (Lipinski definition) is 2. The first-order valence-electron chi connectivity index (χ1n) is 5.12. The number of aryl methyl sites for hydroxylation is 2. The molecule has 2 N–H and O–H groups in total. The first-order chi connectivity index (χ1) is 8.49. The summed E-state index contributed by atoms with van der Waals surface area (Å²) in [5.41, 5.74) is 1.21. The van der Waals surface area contributed by atoms with Crippen molar-refractivity contribution in [3.63, 3.8) is 0 Å². The lowest BCUT2D eigenvalue weighted by Crippen LogP contribution is -2.16. The largest absolute Gasteiger partial charge is 0.478 e. The highest BCUT2D eigenvalue weighted by molar-refractivity contribution is 7.14. The van der Waals surface area contributed by atoms with Gasteiger partial charge in [0.15, 0.2) is 0 Å². The predicted molar refractivity (Wildman–Crippen MR) is 67.2 cm³/mol. The van der Waals surface area contributed by atoms with Crippen LogP contribution in [0.1, 0.15) is 26.5 Å². The van der Waals surface area contributed by atoms with Crippen LogP contribution >= 0.6 is 11.3 Å². The van der Waals surface area contributed by atoms with Crippen LogP contribution in [0, 0.1) is 6.92 Å². The lowest BCUT2D eigenvalue weighted by molar-refractivity contribution is 0.0698.